The molecule has 3 heteroatoms. The van der Waals surface area contributed by atoms with Crippen LogP contribution in [0.1, 0.15) is 22.0 Å². The maximum Gasteiger partial charge on any atom is 0.270 e. The molecule has 1 aromatic carbocycles. The van der Waals surface area contributed by atoms with Crippen LogP contribution in [0.3, 0.4) is 0 Å². The van der Waals surface area contributed by atoms with Crippen molar-refractivity contribution in [2.75, 3.05) is 0 Å². The van der Waals surface area contributed by atoms with E-state index in [4.69, 9.17) is 9.60 Å². The van der Waals surface area contributed by atoms with E-state index in [-0.39, 0.29) is 0 Å². The van der Waals surface area contributed by atoms with Crippen molar-refractivity contribution in [2.24, 2.45) is 0 Å². The first-order valence-electron chi connectivity index (χ1n) is 6.07. The highest BCUT2D eigenvalue weighted by molar-refractivity contribution is 9.10. The standard InChI is InChI=1S/C8H7BrF2/c1-8(10,11)6-3-2-4-7(9)5-6/h2-5H,1H3/i1D3,2D,3D,4D,5D. The number of rotatable bonds is 1. The van der Waals surface area contributed by atoms with Gasteiger partial charge in [0.25, 0.3) is 5.92 Å². The summed E-state index contributed by atoms with van der Waals surface area (Å²) in [5, 5.41) is 0. The molecule has 60 valence electrons. The first kappa shape index (κ1) is 3.13. The summed E-state index contributed by atoms with van der Waals surface area (Å²) in [6.07, 6.45) is 0. The van der Waals surface area contributed by atoms with Gasteiger partial charge in [-0.05, 0) is 12.1 Å². The van der Waals surface area contributed by atoms with E-state index in [0.717, 1.165) is 0 Å². The smallest absolute Gasteiger partial charge is 0.202 e. The molecule has 0 aromatic heterocycles. The van der Waals surface area contributed by atoms with Gasteiger partial charge >= 0.3 is 0 Å². The fraction of sp³-hybridized carbons (Fsp3) is 0.250. The van der Waals surface area contributed by atoms with Crippen molar-refractivity contribution >= 4 is 15.9 Å². The Labute approximate surface area is 82.2 Å². The van der Waals surface area contributed by atoms with Crippen LogP contribution in [0.4, 0.5) is 8.78 Å². The van der Waals surface area contributed by atoms with Gasteiger partial charge in [-0.15, -0.1) is 0 Å². The highest BCUT2D eigenvalue weighted by Crippen LogP contribution is 2.28. The minimum atomic E-state index is -4.42. The fourth-order valence-corrected chi connectivity index (χ4v) is 0.775. The van der Waals surface area contributed by atoms with Crippen LogP contribution in [-0.2, 0) is 5.92 Å². The third kappa shape index (κ3) is 2.26. The molecule has 0 amide bonds. The molecule has 11 heavy (non-hydrogen) atoms. The second kappa shape index (κ2) is 2.89. The van der Waals surface area contributed by atoms with Gasteiger partial charge in [-0.1, -0.05) is 28.0 Å². The quantitative estimate of drug-likeness (QED) is 0.689. The van der Waals surface area contributed by atoms with Gasteiger partial charge in [0.2, 0.25) is 0 Å². The zero-order valence-electron chi connectivity index (χ0n) is 12.1. The van der Waals surface area contributed by atoms with Crippen molar-refractivity contribution in [1.29, 1.82) is 0 Å². The number of benzene rings is 1. The maximum atomic E-state index is 13.7. The summed E-state index contributed by atoms with van der Waals surface area (Å²) >= 11 is 2.68. The molecule has 0 fully saturated rings. The highest BCUT2D eigenvalue weighted by atomic mass is 79.9. The van der Waals surface area contributed by atoms with Crippen molar-refractivity contribution in [1.82, 2.24) is 0 Å². The molecule has 0 spiro atoms. The Kier molecular flexibility index (Phi) is 0.823. The predicted molar refractivity (Wildman–Crippen MR) is 43.7 cm³/mol. The lowest BCUT2D eigenvalue weighted by molar-refractivity contribution is 0.0174. The molecule has 0 radical (unpaired) electrons. The molecule has 0 heterocycles. The van der Waals surface area contributed by atoms with E-state index in [1.165, 1.54) is 0 Å². The molecule has 1 aromatic rings. The first-order valence-corrected chi connectivity index (χ1v) is 3.36. The van der Waals surface area contributed by atoms with Crippen LogP contribution >= 0.6 is 15.9 Å². The van der Waals surface area contributed by atoms with Gasteiger partial charge in [0, 0.05) is 21.0 Å². The van der Waals surface area contributed by atoms with Gasteiger partial charge in [0.1, 0.15) is 0 Å². The summed E-state index contributed by atoms with van der Waals surface area (Å²) in [5.74, 6) is -4.42. The molecule has 0 aliphatic heterocycles. The zero-order chi connectivity index (χ0) is 14.5. The lowest BCUT2D eigenvalue weighted by Crippen LogP contribution is -2.06. The molecular formula is C8H7BrF2. The predicted octanol–water partition coefficient (Wildman–Crippen LogP) is 3.56. The Morgan fingerprint density at radius 1 is 1.64 bits per heavy atom. The maximum absolute atomic E-state index is 13.7. The van der Waals surface area contributed by atoms with E-state index in [1.807, 2.05) is 0 Å². The van der Waals surface area contributed by atoms with Crippen molar-refractivity contribution < 1.29 is 18.4 Å². The number of hydrogen-bond acceptors (Lipinski definition) is 0. The van der Waals surface area contributed by atoms with Crippen molar-refractivity contribution in [3.05, 3.63) is 34.2 Å². The zero-order valence-corrected chi connectivity index (χ0v) is 6.72. The van der Waals surface area contributed by atoms with Gasteiger partial charge in [-0.2, -0.15) is 0 Å². The van der Waals surface area contributed by atoms with E-state index in [1.54, 1.807) is 0 Å². The topological polar surface area (TPSA) is 0 Å². The minimum absolute atomic E-state index is 0.428. The summed E-state index contributed by atoms with van der Waals surface area (Å²) in [6.45, 7) is -3.73. The lowest BCUT2D eigenvalue weighted by Gasteiger charge is -2.09. The average molecular weight is 228 g/mol. The molecule has 0 bridgehead atoms. The van der Waals surface area contributed by atoms with Crippen molar-refractivity contribution in [3.8, 4) is 0 Å². The molecule has 0 atom stereocenters. The first-order chi connectivity index (χ1) is 7.93. The van der Waals surface area contributed by atoms with Gasteiger partial charge < -0.3 is 0 Å². The SMILES string of the molecule is [2H]c1c([2H])c(Br)c([2H])c(C(F)(F)C([2H])([2H])[2H])c1[2H]. The van der Waals surface area contributed by atoms with Crippen LogP contribution in [0.15, 0.2) is 28.6 Å². The van der Waals surface area contributed by atoms with Gasteiger partial charge in [0.05, 0.1) is 5.48 Å². The molecule has 0 N–H and O–H groups in total. The van der Waals surface area contributed by atoms with E-state index >= 15 is 0 Å². The summed E-state index contributed by atoms with van der Waals surface area (Å²) in [4.78, 5) is 0. The summed E-state index contributed by atoms with van der Waals surface area (Å²) in [5.41, 5.74) is -1.37. The van der Waals surface area contributed by atoms with Gasteiger partial charge in [-0.25, -0.2) is 8.78 Å². The van der Waals surface area contributed by atoms with E-state index in [0.29, 0.717) is 0 Å². The van der Waals surface area contributed by atoms with E-state index in [9.17, 15) is 8.78 Å². The molecule has 0 aliphatic rings. The van der Waals surface area contributed by atoms with Crippen molar-refractivity contribution in [3.63, 3.8) is 0 Å². The summed E-state index contributed by atoms with van der Waals surface area (Å²) in [7, 11) is 0. The number of hydrogen-bond donors (Lipinski definition) is 0. The summed E-state index contributed by atoms with van der Waals surface area (Å²) in [6, 6.07) is -3.52. The number of alkyl halides is 2. The molecule has 1 rings (SSSR count). The highest BCUT2D eigenvalue weighted by Gasteiger charge is 2.23. The Morgan fingerprint density at radius 3 is 3.00 bits per heavy atom. The average Bonchev–Trinajstić information content (AvgIpc) is 2.22. The van der Waals surface area contributed by atoms with Crippen LogP contribution < -0.4 is 0 Å². The third-order valence-electron chi connectivity index (χ3n) is 0.908. The summed E-state index contributed by atoms with van der Waals surface area (Å²) < 4.78 is 76.6. The molecule has 0 nitrogen and oxygen atoms in total. The van der Waals surface area contributed by atoms with E-state index in [2.05, 4.69) is 15.9 Å². The Morgan fingerprint density at radius 2 is 2.36 bits per heavy atom. The van der Waals surface area contributed by atoms with Crippen molar-refractivity contribution in [2.45, 2.75) is 12.8 Å². The minimum Gasteiger partial charge on any atom is -0.202 e. The molecule has 0 saturated carbocycles. The number of halogens is 3. The molecule has 0 unspecified atom stereocenters. The second-order valence-corrected chi connectivity index (χ2v) is 2.56. The third-order valence-corrected chi connectivity index (χ3v) is 1.30. The largest absolute Gasteiger partial charge is 0.270 e. The molecule has 0 aliphatic carbocycles. The van der Waals surface area contributed by atoms with Gasteiger partial charge in [-0.3, -0.25) is 0 Å². The second-order valence-electron chi connectivity index (χ2n) is 1.76. The van der Waals surface area contributed by atoms with Crippen LogP contribution in [-0.4, -0.2) is 0 Å². The normalized spacial score (nSPS) is 21.9. The lowest BCUT2D eigenvalue weighted by atomic mass is 10.1. The Hall–Kier alpha value is -0.440. The van der Waals surface area contributed by atoms with Crippen LogP contribution in [0.5, 0.6) is 0 Å². The van der Waals surface area contributed by atoms with Crippen LogP contribution in [0.25, 0.3) is 0 Å². The van der Waals surface area contributed by atoms with Crippen LogP contribution in [0.2, 0.25) is 0 Å². The fourth-order valence-electron chi connectivity index (χ4n) is 0.478. The van der Waals surface area contributed by atoms with Crippen LogP contribution in [0, 0.1) is 0 Å². The Balaban J connectivity index is 3.72. The van der Waals surface area contributed by atoms with Gasteiger partial charge in [0.15, 0.2) is 0 Å². The van der Waals surface area contributed by atoms with E-state index < -0.39 is 47.0 Å². The Bertz CT molecular complexity index is 468. The monoisotopic (exact) mass is 227 g/mol. The molecule has 0 saturated heterocycles. The molecular weight excluding hydrogens is 214 g/mol.